The average molecular weight is 279 g/mol. The molecule has 0 amide bonds. The van der Waals surface area contributed by atoms with Crippen LogP contribution in [0.15, 0.2) is 11.7 Å². The first kappa shape index (κ1) is 13.5. The normalized spacial score (nSPS) is 36.4. The Morgan fingerprint density at radius 2 is 1.06 bits per heavy atom. The summed E-state index contributed by atoms with van der Waals surface area (Å²) in [5, 5.41) is -5.36. The van der Waals surface area contributed by atoms with E-state index in [0.717, 1.165) is 0 Å². The Morgan fingerprint density at radius 1 is 0.688 bits per heavy atom. The molecule has 0 N–H and O–H groups in total. The van der Waals surface area contributed by atoms with E-state index in [1.807, 2.05) is 0 Å². The van der Waals surface area contributed by atoms with Crippen LogP contribution >= 0.6 is 11.6 Å². The van der Waals surface area contributed by atoms with Gasteiger partial charge in [-0.3, -0.25) is 0 Å². The molecule has 94 valence electrons. The van der Waals surface area contributed by atoms with Crippen LogP contribution in [0.5, 0.6) is 0 Å². The van der Waals surface area contributed by atoms with Crippen LogP contribution in [0.2, 0.25) is 0 Å². The first-order valence-corrected chi connectivity index (χ1v) is 3.77. The molecule has 1 aliphatic rings. The molecule has 0 radical (unpaired) electrons. The molecule has 0 aliphatic heterocycles. The highest BCUT2D eigenvalue weighted by atomic mass is 35.5. The lowest BCUT2D eigenvalue weighted by atomic mass is 9.91. The maximum atomic E-state index is 12.7. The van der Waals surface area contributed by atoms with Crippen LogP contribution in [-0.2, 0) is 0 Å². The van der Waals surface area contributed by atoms with Crippen LogP contribution < -0.4 is 0 Å². The topological polar surface area (TPSA) is 0 Å². The highest BCUT2D eigenvalue weighted by molar-refractivity contribution is 6.25. The Labute approximate surface area is 86.7 Å². The van der Waals surface area contributed by atoms with Gasteiger partial charge in [0.2, 0.25) is 5.83 Å². The maximum absolute atomic E-state index is 12.7. The number of hydrogen-bond acceptors (Lipinski definition) is 0. The van der Waals surface area contributed by atoms with E-state index in [9.17, 15) is 39.5 Å². The van der Waals surface area contributed by atoms with Gasteiger partial charge in [0.1, 0.15) is 0 Å². The van der Waals surface area contributed by atoms with Gasteiger partial charge >= 0.3 is 22.9 Å². The lowest BCUT2D eigenvalue weighted by Crippen LogP contribution is -2.65. The molecule has 1 atom stereocenters. The van der Waals surface area contributed by atoms with Gasteiger partial charge in [-0.25, -0.2) is 13.2 Å². The Morgan fingerprint density at radius 3 is 1.44 bits per heavy atom. The Hall–Kier alpha value is -0.600. The standard InChI is InChI=1S/C6ClF9/c7-3(10)1(8)2(9)4(11,12)6(15,16)5(3,13)14. The van der Waals surface area contributed by atoms with Crippen molar-refractivity contribution in [2.24, 2.45) is 0 Å². The summed E-state index contributed by atoms with van der Waals surface area (Å²) in [4.78, 5) is 0. The van der Waals surface area contributed by atoms with E-state index < -0.39 is 34.5 Å². The van der Waals surface area contributed by atoms with Gasteiger partial charge < -0.3 is 0 Å². The third-order valence-electron chi connectivity index (χ3n) is 1.93. The third kappa shape index (κ3) is 1.15. The predicted octanol–water partition coefficient (Wildman–Crippen LogP) is 3.96. The van der Waals surface area contributed by atoms with Crippen molar-refractivity contribution in [1.29, 1.82) is 0 Å². The molecule has 16 heavy (non-hydrogen) atoms. The van der Waals surface area contributed by atoms with Crippen molar-refractivity contribution < 1.29 is 39.5 Å². The van der Waals surface area contributed by atoms with Crippen molar-refractivity contribution in [2.45, 2.75) is 22.9 Å². The minimum absolute atomic E-state index is 3.46. The van der Waals surface area contributed by atoms with Gasteiger partial charge in [-0.1, -0.05) is 11.6 Å². The molecule has 0 spiro atoms. The number of halogens is 10. The summed E-state index contributed by atoms with van der Waals surface area (Å²) in [5.74, 6) is -26.1. The molecule has 0 heterocycles. The lowest BCUT2D eigenvalue weighted by Gasteiger charge is -2.40. The second-order valence-corrected chi connectivity index (χ2v) is 3.45. The summed E-state index contributed by atoms with van der Waals surface area (Å²) in [7, 11) is 0. The van der Waals surface area contributed by atoms with Crippen LogP contribution in [0.1, 0.15) is 0 Å². The van der Waals surface area contributed by atoms with Crippen molar-refractivity contribution in [3.05, 3.63) is 11.7 Å². The van der Waals surface area contributed by atoms with E-state index >= 15 is 0 Å². The molecular weight excluding hydrogens is 279 g/mol. The molecule has 0 fully saturated rings. The quantitative estimate of drug-likeness (QED) is 0.465. The van der Waals surface area contributed by atoms with Gasteiger partial charge in [-0.15, -0.1) is 0 Å². The van der Waals surface area contributed by atoms with Crippen molar-refractivity contribution in [3.8, 4) is 0 Å². The molecule has 0 aromatic rings. The van der Waals surface area contributed by atoms with Gasteiger partial charge in [0.15, 0.2) is 5.83 Å². The lowest BCUT2D eigenvalue weighted by molar-refractivity contribution is -0.332. The Kier molecular flexibility index (Phi) is 2.52. The van der Waals surface area contributed by atoms with Crippen LogP contribution in [0.3, 0.4) is 0 Å². The molecule has 1 unspecified atom stereocenters. The first-order chi connectivity index (χ1) is 6.82. The van der Waals surface area contributed by atoms with E-state index in [-0.39, 0.29) is 0 Å². The molecule has 0 saturated heterocycles. The first-order valence-electron chi connectivity index (χ1n) is 3.39. The third-order valence-corrected chi connectivity index (χ3v) is 2.33. The van der Waals surface area contributed by atoms with E-state index in [1.54, 1.807) is 0 Å². The Balaban J connectivity index is 3.64. The van der Waals surface area contributed by atoms with E-state index in [1.165, 1.54) is 0 Å². The average Bonchev–Trinajstić information content (AvgIpc) is 2.12. The fourth-order valence-electron chi connectivity index (χ4n) is 0.946. The highest BCUT2D eigenvalue weighted by Crippen LogP contribution is 2.62. The zero-order valence-electron chi connectivity index (χ0n) is 6.78. The van der Waals surface area contributed by atoms with Gasteiger partial charge in [-0.2, -0.15) is 26.3 Å². The van der Waals surface area contributed by atoms with E-state index in [4.69, 9.17) is 0 Å². The van der Waals surface area contributed by atoms with Crippen LogP contribution in [0.25, 0.3) is 0 Å². The van der Waals surface area contributed by atoms with Crippen molar-refractivity contribution >= 4 is 11.6 Å². The zero-order valence-corrected chi connectivity index (χ0v) is 7.54. The smallest absolute Gasteiger partial charge is 0.211 e. The van der Waals surface area contributed by atoms with Crippen molar-refractivity contribution in [1.82, 2.24) is 0 Å². The highest BCUT2D eigenvalue weighted by Gasteiger charge is 2.86. The van der Waals surface area contributed by atoms with E-state index in [0.29, 0.717) is 0 Å². The zero-order chi connectivity index (χ0) is 13.2. The van der Waals surface area contributed by atoms with Crippen LogP contribution in [0, 0.1) is 0 Å². The molecule has 1 rings (SSSR count). The van der Waals surface area contributed by atoms with Gasteiger partial charge in [0.25, 0.3) is 0 Å². The molecule has 0 saturated carbocycles. The van der Waals surface area contributed by atoms with Crippen molar-refractivity contribution in [2.75, 3.05) is 0 Å². The number of rotatable bonds is 0. The fourth-order valence-corrected chi connectivity index (χ4v) is 1.15. The molecule has 0 aromatic carbocycles. The fraction of sp³-hybridized carbons (Fsp3) is 0.667. The molecule has 0 nitrogen and oxygen atoms in total. The second kappa shape index (κ2) is 2.99. The molecule has 0 aromatic heterocycles. The summed E-state index contributed by atoms with van der Waals surface area (Å²) in [5.41, 5.74) is 0. The summed E-state index contributed by atoms with van der Waals surface area (Å²) in [6, 6.07) is 0. The van der Waals surface area contributed by atoms with Gasteiger partial charge in [-0.05, 0) is 0 Å². The molecule has 0 bridgehead atoms. The minimum Gasteiger partial charge on any atom is -0.211 e. The second-order valence-electron chi connectivity index (χ2n) is 2.93. The minimum atomic E-state index is -6.49. The number of hydrogen-bond donors (Lipinski definition) is 0. The van der Waals surface area contributed by atoms with Crippen LogP contribution in [-0.4, -0.2) is 22.9 Å². The maximum Gasteiger partial charge on any atom is 0.383 e. The molecule has 1 aliphatic carbocycles. The summed E-state index contributed by atoms with van der Waals surface area (Å²) >= 11 is 4.02. The van der Waals surface area contributed by atoms with E-state index in [2.05, 4.69) is 11.6 Å². The number of alkyl halides is 8. The largest absolute Gasteiger partial charge is 0.383 e. The summed E-state index contributed by atoms with van der Waals surface area (Å²) in [6.07, 6.45) is 0. The molecule has 10 heteroatoms. The van der Waals surface area contributed by atoms with Gasteiger partial charge in [0, 0.05) is 0 Å². The van der Waals surface area contributed by atoms with Gasteiger partial charge in [0.05, 0.1) is 0 Å². The number of allylic oxidation sites excluding steroid dienone is 2. The monoisotopic (exact) mass is 278 g/mol. The van der Waals surface area contributed by atoms with Crippen LogP contribution in [0.4, 0.5) is 39.5 Å². The van der Waals surface area contributed by atoms with Crippen molar-refractivity contribution in [3.63, 3.8) is 0 Å². The summed E-state index contributed by atoms with van der Waals surface area (Å²) < 4.78 is 112. The SMILES string of the molecule is FC1=C(F)C(F)(Cl)C(F)(F)C(F)(F)C1(F)F. The Bertz CT molecular complexity index is 321. The molecular formula is C6ClF9. The summed E-state index contributed by atoms with van der Waals surface area (Å²) in [6.45, 7) is 0. The predicted molar refractivity (Wildman–Crippen MR) is 33.8 cm³/mol.